The fourth-order valence-corrected chi connectivity index (χ4v) is 3.87. The average Bonchev–Trinajstić information content (AvgIpc) is 3.33. The number of rotatable bonds is 3. The van der Waals surface area contributed by atoms with Crippen molar-refractivity contribution in [1.29, 1.82) is 0 Å². The third-order valence-electron chi connectivity index (χ3n) is 5.79. The fourth-order valence-electron chi connectivity index (χ4n) is 3.87. The maximum absolute atomic E-state index is 9.59. The molecule has 1 aliphatic rings. The molecule has 0 bridgehead atoms. The van der Waals surface area contributed by atoms with Crippen molar-refractivity contribution in [2.45, 2.75) is 73.1 Å². The first-order chi connectivity index (χ1) is 16.9. The van der Waals surface area contributed by atoms with Gasteiger partial charge in [0.15, 0.2) is 0 Å². The van der Waals surface area contributed by atoms with E-state index in [-0.39, 0.29) is 0 Å². The van der Waals surface area contributed by atoms with E-state index in [1.807, 2.05) is 32.0 Å². The van der Waals surface area contributed by atoms with Gasteiger partial charge in [0.1, 0.15) is 5.75 Å². The summed E-state index contributed by atoms with van der Waals surface area (Å²) in [5.74, 6) is 1.35. The molecule has 4 nitrogen and oxygen atoms in total. The van der Waals surface area contributed by atoms with E-state index in [0.29, 0.717) is 5.75 Å². The first kappa shape index (κ1) is 32.0. The van der Waals surface area contributed by atoms with Gasteiger partial charge in [-0.05, 0) is 86.1 Å². The van der Waals surface area contributed by atoms with E-state index in [2.05, 4.69) is 79.9 Å². The van der Waals surface area contributed by atoms with Crippen molar-refractivity contribution < 1.29 is 5.11 Å². The van der Waals surface area contributed by atoms with Crippen LogP contribution in [-0.2, 0) is 6.42 Å². The van der Waals surface area contributed by atoms with Crippen LogP contribution in [0.3, 0.4) is 0 Å². The molecule has 1 aliphatic carbocycles. The first-order valence-corrected chi connectivity index (χ1v) is 12.9. The van der Waals surface area contributed by atoms with E-state index >= 15 is 0 Å². The molecule has 1 saturated carbocycles. The van der Waals surface area contributed by atoms with Crippen LogP contribution in [0.5, 0.6) is 5.75 Å². The number of phenolic OH excluding ortho intramolecular Hbond substituents is 1. The fraction of sp³-hybridized carbons (Fsp3) is 0.419. The van der Waals surface area contributed by atoms with Crippen LogP contribution >= 0.6 is 0 Å². The van der Waals surface area contributed by atoms with Gasteiger partial charge in [-0.2, -0.15) is 0 Å². The van der Waals surface area contributed by atoms with Crippen molar-refractivity contribution in [2.24, 2.45) is 17.4 Å². The van der Waals surface area contributed by atoms with Crippen LogP contribution in [0.15, 0.2) is 73.6 Å². The molecular formula is C31H49N3O. The van der Waals surface area contributed by atoms with Crippen LogP contribution in [0.2, 0.25) is 0 Å². The molecule has 0 radical (unpaired) electrons. The molecule has 0 unspecified atom stereocenters. The van der Waals surface area contributed by atoms with Crippen LogP contribution in [-0.4, -0.2) is 16.7 Å². The Balaban J connectivity index is 0.000000685. The topological polar surface area (TPSA) is 77.2 Å². The molecule has 1 aromatic heterocycles. The normalized spacial score (nSPS) is 12.2. The average molecular weight is 480 g/mol. The predicted octanol–water partition coefficient (Wildman–Crippen LogP) is 7.67. The zero-order valence-electron chi connectivity index (χ0n) is 22.9. The van der Waals surface area contributed by atoms with Gasteiger partial charge in [-0.15, -0.1) is 0 Å². The molecule has 0 aliphatic heterocycles. The second-order valence-corrected chi connectivity index (χ2v) is 8.46. The molecule has 194 valence electrons. The Kier molecular flexibility index (Phi) is 17.7. The number of aryl methyl sites for hydroxylation is 2. The van der Waals surface area contributed by atoms with Crippen LogP contribution < -0.4 is 11.5 Å². The highest BCUT2D eigenvalue weighted by Gasteiger charge is 2.07. The number of nitrogens with zero attached hydrogens (tertiary/aromatic N) is 1. The smallest absolute Gasteiger partial charge is 0.115 e. The Labute approximate surface area is 214 Å². The van der Waals surface area contributed by atoms with Gasteiger partial charge in [0.2, 0.25) is 0 Å². The summed E-state index contributed by atoms with van der Waals surface area (Å²) in [6.45, 7) is 13.8. The molecule has 1 fully saturated rings. The summed E-state index contributed by atoms with van der Waals surface area (Å²) in [6.07, 6.45) is 11.6. The van der Waals surface area contributed by atoms with Gasteiger partial charge in [0.25, 0.3) is 0 Å². The third kappa shape index (κ3) is 12.3. The van der Waals surface area contributed by atoms with Gasteiger partial charge in [-0.1, -0.05) is 77.7 Å². The monoisotopic (exact) mass is 479 g/mol. The summed E-state index contributed by atoms with van der Waals surface area (Å²) < 4.78 is 2.20. The van der Waals surface area contributed by atoms with Crippen LogP contribution in [0.1, 0.15) is 75.3 Å². The Bertz CT molecular complexity index is 940. The van der Waals surface area contributed by atoms with Crippen LogP contribution in [0.25, 0.3) is 5.69 Å². The number of benzene rings is 2. The maximum atomic E-state index is 9.59. The van der Waals surface area contributed by atoms with Crippen molar-refractivity contribution in [3.05, 3.63) is 96.0 Å². The summed E-state index contributed by atoms with van der Waals surface area (Å²) in [5.41, 5.74) is 15.2. The number of hydrogen-bond donors (Lipinski definition) is 3. The number of hydrogen-bond acceptors (Lipinski definition) is 3. The Morgan fingerprint density at radius 1 is 0.943 bits per heavy atom. The zero-order valence-corrected chi connectivity index (χ0v) is 22.9. The van der Waals surface area contributed by atoms with Crippen molar-refractivity contribution in [2.75, 3.05) is 7.05 Å². The lowest BCUT2D eigenvalue weighted by Crippen LogP contribution is -2.00. The second kappa shape index (κ2) is 19.3. The summed E-state index contributed by atoms with van der Waals surface area (Å²) in [6, 6.07) is 18.1. The largest absolute Gasteiger partial charge is 0.508 e. The molecule has 5 N–H and O–H groups in total. The second-order valence-electron chi connectivity index (χ2n) is 8.46. The van der Waals surface area contributed by atoms with E-state index in [1.54, 1.807) is 6.07 Å². The van der Waals surface area contributed by atoms with Crippen molar-refractivity contribution in [3.8, 4) is 11.4 Å². The van der Waals surface area contributed by atoms with Crippen molar-refractivity contribution in [1.82, 2.24) is 4.57 Å². The molecule has 35 heavy (non-hydrogen) atoms. The van der Waals surface area contributed by atoms with Gasteiger partial charge in [0.05, 0.1) is 0 Å². The predicted molar refractivity (Wildman–Crippen MR) is 154 cm³/mol. The molecule has 0 saturated heterocycles. The minimum absolute atomic E-state index is 0.316. The van der Waals surface area contributed by atoms with E-state index in [1.165, 1.54) is 67.9 Å². The van der Waals surface area contributed by atoms with E-state index in [9.17, 15) is 5.11 Å². The van der Waals surface area contributed by atoms with Gasteiger partial charge < -0.3 is 21.1 Å². The van der Waals surface area contributed by atoms with E-state index < -0.39 is 0 Å². The standard InChI is InChI=1S/C19H19NO.C7H14.C2H5N.C2H6.CH5N/c1-14-8-9-18(11-15(14)2)20-10-4-6-17(20)12-16-5-3-7-19(21)13-16;1-7-5-3-2-4-6-7;1-2-3;2*1-2/h3-11,13,21H,12H2,1-2H3;7H,2-6H2,1H3;2H,1,3H2;1-2H3;2H2,1H3. The Morgan fingerprint density at radius 2 is 1.57 bits per heavy atom. The van der Waals surface area contributed by atoms with Gasteiger partial charge >= 0.3 is 0 Å². The van der Waals surface area contributed by atoms with Crippen molar-refractivity contribution in [3.63, 3.8) is 0 Å². The Morgan fingerprint density at radius 3 is 2.09 bits per heavy atom. The number of nitrogens with two attached hydrogens (primary N) is 2. The minimum Gasteiger partial charge on any atom is -0.508 e. The first-order valence-electron chi connectivity index (χ1n) is 12.9. The highest BCUT2D eigenvalue weighted by Crippen LogP contribution is 2.22. The maximum Gasteiger partial charge on any atom is 0.115 e. The lowest BCUT2D eigenvalue weighted by atomic mass is 9.91. The van der Waals surface area contributed by atoms with Crippen LogP contribution in [0.4, 0.5) is 0 Å². The Hall–Kier alpha value is -2.98. The number of phenols is 1. The summed E-state index contributed by atoms with van der Waals surface area (Å²) >= 11 is 0. The zero-order chi connectivity index (χ0) is 26.6. The summed E-state index contributed by atoms with van der Waals surface area (Å²) in [7, 11) is 1.50. The summed E-state index contributed by atoms with van der Waals surface area (Å²) in [4.78, 5) is 0. The quantitative estimate of drug-likeness (QED) is 0.361. The van der Waals surface area contributed by atoms with Gasteiger partial charge in [0, 0.05) is 24.0 Å². The highest BCUT2D eigenvalue weighted by atomic mass is 16.3. The SMILES string of the molecule is C=CN.CC.CC1CCCCC1.CN.Cc1ccc(-n2cccc2Cc2cccc(O)c2)cc1C. The van der Waals surface area contributed by atoms with E-state index in [0.717, 1.165) is 17.9 Å². The molecule has 3 aromatic rings. The van der Waals surface area contributed by atoms with E-state index in [4.69, 9.17) is 0 Å². The molecule has 4 heteroatoms. The molecule has 4 rings (SSSR count). The number of aromatic nitrogens is 1. The van der Waals surface area contributed by atoms with Crippen molar-refractivity contribution >= 4 is 0 Å². The molecule has 0 atom stereocenters. The molecule has 0 spiro atoms. The lowest BCUT2D eigenvalue weighted by molar-refractivity contribution is 0.385. The summed E-state index contributed by atoms with van der Waals surface area (Å²) in [5, 5.41) is 9.59. The molecular weight excluding hydrogens is 430 g/mol. The van der Waals surface area contributed by atoms with Crippen LogP contribution in [0, 0.1) is 19.8 Å². The molecule has 0 amide bonds. The molecule has 1 heterocycles. The third-order valence-corrected chi connectivity index (χ3v) is 5.79. The highest BCUT2D eigenvalue weighted by molar-refractivity contribution is 5.42. The number of aromatic hydroxyl groups is 1. The lowest BCUT2D eigenvalue weighted by Gasteiger charge is -2.15. The molecule has 2 aromatic carbocycles. The van der Waals surface area contributed by atoms with Gasteiger partial charge in [-0.3, -0.25) is 0 Å². The minimum atomic E-state index is 0.316. The van der Waals surface area contributed by atoms with Gasteiger partial charge in [-0.25, -0.2) is 0 Å².